The number of alkyl halides is 3. The second kappa shape index (κ2) is 5.25. The molecule has 0 aliphatic heterocycles. The van der Waals surface area contributed by atoms with Crippen molar-refractivity contribution in [3.8, 4) is 0 Å². The molecule has 0 aromatic heterocycles. The van der Waals surface area contributed by atoms with E-state index in [0.29, 0.717) is 5.56 Å². The van der Waals surface area contributed by atoms with Crippen LogP contribution in [-0.4, -0.2) is 0 Å². The van der Waals surface area contributed by atoms with E-state index >= 15 is 0 Å². The molecule has 0 saturated carbocycles. The van der Waals surface area contributed by atoms with Crippen molar-refractivity contribution in [3.05, 3.63) is 65.8 Å². The Morgan fingerprint density at radius 3 is 2.67 bits per heavy atom. The summed E-state index contributed by atoms with van der Waals surface area (Å²) in [6.45, 7) is 0. The van der Waals surface area contributed by atoms with E-state index in [1.807, 2.05) is 30.4 Å². The molecule has 1 aromatic rings. The van der Waals surface area contributed by atoms with E-state index in [-0.39, 0.29) is 5.92 Å². The van der Waals surface area contributed by atoms with Gasteiger partial charge in [0.25, 0.3) is 0 Å². The SMILES string of the molecule is FC(F)(F)c1cccc(C=CC2C=CC=CC2)c1. The summed E-state index contributed by atoms with van der Waals surface area (Å²) in [5.74, 6) is 0.268. The van der Waals surface area contributed by atoms with E-state index < -0.39 is 11.7 Å². The summed E-state index contributed by atoms with van der Waals surface area (Å²) in [6.07, 6.45) is 8.27. The van der Waals surface area contributed by atoms with Crippen LogP contribution >= 0.6 is 0 Å². The molecule has 0 saturated heterocycles. The smallest absolute Gasteiger partial charge is 0.166 e. The summed E-state index contributed by atoms with van der Waals surface area (Å²) >= 11 is 0. The lowest BCUT2D eigenvalue weighted by Gasteiger charge is -2.08. The standard InChI is InChI=1S/C15H13F3/c16-15(17,18)14-8-4-7-13(11-14)10-9-12-5-2-1-3-6-12/h1-5,7-12H,6H2. The first-order valence-corrected chi connectivity index (χ1v) is 5.74. The Bertz CT molecular complexity index is 493. The molecular weight excluding hydrogens is 237 g/mol. The van der Waals surface area contributed by atoms with Crippen molar-refractivity contribution in [2.24, 2.45) is 5.92 Å². The first kappa shape index (κ1) is 12.7. The van der Waals surface area contributed by atoms with Gasteiger partial charge < -0.3 is 0 Å². The van der Waals surface area contributed by atoms with Crippen LogP contribution in [0.4, 0.5) is 13.2 Å². The Balaban J connectivity index is 2.12. The molecule has 0 radical (unpaired) electrons. The third-order valence-corrected chi connectivity index (χ3v) is 2.76. The van der Waals surface area contributed by atoms with Crippen molar-refractivity contribution in [1.29, 1.82) is 0 Å². The summed E-state index contributed by atoms with van der Waals surface area (Å²) in [5.41, 5.74) is -0.0310. The number of rotatable bonds is 2. The van der Waals surface area contributed by atoms with Crippen molar-refractivity contribution >= 4 is 6.08 Å². The Morgan fingerprint density at radius 1 is 1.17 bits per heavy atom. The van der Waals surface area contributed by atoms with Crippen molar-refractivity contribution < 1.29 is 13.2 Å². The quantitative estimate of drug-likeness (QED) is 0.703. The van der Waals surface area contributed by atoms with Crippen molar-refractivity contribution in [3.63, 3.8) is 0 Å². The molecule has 0 bridgehead atoms. The van der Waals surface area contributed by atoms with Crippen LogP contribution in [-0.2, 0) is 6.18 Å². The minimum Gasteiger partial charge on any atom is -0.166 e. The van der Waals surface area contributed by atoms with Gasteiger partial charge in [-0.15, -0.1) is 0 Å². The fraction of sp³-hybridized carbons (Fsp3) is 0.200. The Hall–Kier alpha value is -1.77. The molecule has 0 fully saturated rings. The molecule has 1 atom stereocenters. The third kappa shape index (κ3) is 3.36. The third-order valence-electron chi connectivity index (χ3n) is 2.76. The fourth-order valence-corrected chi connectivity index (χ4v) is 1.80. The van der Waals surface area contributed by atoms with Crippen LogP contribution < -0.4 is 0 Å². The average Bonchev–Trinajstić information content (AvgIpc) is 2.37. The molecule has 0 amide bonds. The highest BCUT2D eigenvalue weighted by atomic mass is 19.4. The van der Waals surface area contributed by atoms with Crippen molar-refractivity contribution in [2.75, 3.05) is 0 Å². The van der Waals surface area contributed by atoms with E-state index in [9.17, 15) is 13.2 Å². The summed E-state index contributed by atoms with van der Waals surface area (Å²) in [4.78, 5) is 0. The summed E-state index contributed by atoms with van der Waals surface area (Å²) in [6, 6.07) is 5.35. The molecular formula is C15H13F3. The van der Waals surface area contributed by atoms with Crippen LogP contribution in [0, 0.1) is 5.92 Å². The lowest BCUT2D eigenvalue weighted by atomic mass is 9.99. The van der Waals surface area contributed by atoms with Crippen LogP contribution in [0.5, 0.6) is 0 Å². The van der Waals surface area contributed by atoms with Crippen LogP contribution in [0.25, 0.3) is 6.08 Å². The van der Waals surface area contributed by atoms with Crippen LogP contribution in [0.2, 0.25) is 0 Å². The summed E-state index contributed by atoms with van der Waals surface area (Å²) < 4.78 is 37.6. The number of benzene rings is 1. The van der Waals surface area contributed by atoms with Gasteiger partial charge in [0.2, 0.25) is 0 Å². The van der Waals surface area contributed by atoms with Gasteiger partial charge in [-0.25, -0.2) is 0 Å². The summed E-state index contributed by atoms with van der Waals surface area (Å²) in [7, 11) is 0. The fourth-order valence-electron chi connectivity index (χ4n) is 1.80. The van der Waals surface area contributed by atoms with Crippen LogP contribution in [0.15, 0.2) is 54.6 Å². The van der Waals surface area contributed by atoms with Gasteiger partial charge in [-0.1, -0.05) is 48.6 Å². The molecule has 1 unspecified atom stereocenters. The molecule has 18 heavy (non-hydrogen) atoms. The largest absolute Gasteiger partial charge is 0.416 e. The van der Waals surface area contributed by atoms with Gasteiger partial charge in [0, 0.05) is 0 Å². The zero-order valence-electron chi connectivity index (χ0n) is 9.69. The molecule has 1 aliphatic rings. The van der Waals surface area contributed by atoms with E-state index in [4.69, 9.17) is 0 Å². The molecule has 1 aliphatic carbocycles. The van der Waals surface area contributed by atoms with Gasteiger partial charge in [-0.2, -0.15) is 13.2 Å². The van der Waals surface area contributed by atoms with Gasteiger partial charge in [0.1, 0.15) is 0 Å². The molecule has 0 spiro atoms. The van der Waals surface area contributed by atoms with Gasteiger partial charge in [-0.05, 0) is 30.0 Å². The van der Waals surface area contributed by atoms with E-state index in [0.717, 1.165) is 12.5 Å². The highest BCUT2D eigenvalue weighted by Crippen LogP contribution is 2.29. The molecule has 2 rings (SSSR count). The average molecular weight is 250 g/mol. The van der Waals surface area contributed by atoms with Gasteiger partial charge >= 0.3 is 6.18 Å². The zero-order valence-corrected chi connectivity index (χ0v) is 9.69. The van der Waals surface area contributed by atoms with E-state index in [1.165, 1.54) is 12.1 Å². The van der Waals surface area contributed by atoms with Crippen molar-refractivity contribution in [1.82, 2.24) is 0 Å². The Morgan fingerprint density at radius 2 is 2.00 bits per heavy atom. The maximum absolute atomic E-state index is 12.5. The molecule has 94 valence electrons. The summed E-state index contributed by atoms with van der Waals surface area (Å²) in [5, 5.41) is 0. The molecule has 0 N–H and O–H groups in total. The number of hydrogen-bond donors (Lipinski definition) is 0. The van der Waals surface area contributed by atoms with Crippen LogP contribution in [0.1, 0.15) is 17.5 Å². The highest BCUT2D eigenvalue weighted by molar-refractivity contribution is 5.51. The van der Waals surface area contributed by atoms with Crippen molar-refractivity contribution in [2.45, 2.75) is 12.6 Å². The maximum Gasteiger partial charge on any atom is 0.416 e. The van der Waals surface area contributed by atoms with Gasteiger partial charge in [-0.3, -0.25) is 0 Å². The maximum atomic E-state index is 12.5. The van der Waals surface area contributed by atoms with Crippen LogP contribution in [0.3, 0.4) is 0 Å². The lowest BCUT2D eigenvalue weighted by molar-refractivity contribution is -0.137. The normalized spacial score (nSPS) is 19.6. The Kier molecular flexibility index (Phi) is 3.70. The zero-order chi connectivity index (χ0) is 13.0. The number of allylic oxidation sites excluding steroid dienone is 5. The highest BCUT2D eigenvalue weighted by Gasteiger charge is 2.30. The monoisotopic (exact) mass is 250 g/mol. The van der Waals surface area contributed by atoms with E-state index in [1.54, 1.807) is 12.1 Å². The van der Waals surface area contributed by atoms with E-state index in [2.05, 4.69) is 0 Å². The molecule has 0 heterocycles. The molecule has 1 aromatic carbocycles. The predicted octanol–water partition coefficient (Wildman–Crippen LogP) is 4.85. The predicted molar refractivity (Wildman–Crippen MR) is 66.9 cm³/mol. The first-order chi connectivity index (χ1) is 8.55. The Labute approximate surface area is 104 Å². The second-order valence-corrected chi connectivity index (χ2v) is 4.19. The molecule has 3 heteroatoms. The lowest BCUT2D eigenvalue weighted by Crippen LogP contribution is -2.04. The number of halogens is 3. The topological polar surface area (TPSA) is 0 Å². The number of hydrogen-bond acceptors (Lipinski definition) is 0. The second-order valence-electron chi connectivity index (χ2n) is 4.19. The minimum atomic E-state index is -4.28. The molecule has 0 nitrogen and oxygen atoms in total. The first-order valence-electron chi connectivity index (χ1n) is 5.74. The van der Waals surface area contributed by atoms with Gasteiger partial charge in [0.05, 0.1) is 5.56 Å². The minimum absolute atomic E-state index is 0.268. The van der Waals surface area contributed by atoms with Gasteiger partial charge in [0.15, 0.2) is 0 Å².